The lowest BCUT2D eigenvalue weighted by Crippen LogP contribution is -2.48. The molecule has 12 heteroatoms. The molecule has 0 spiro atoms. The number of likely N-dealkylation sites (tertiary alicyclic amines) is 1. The highest BCUT2D eigenvalue weighted by Crippen LogP contribution is 2.37. The molecule has 206 valence electrons. The minimum absolute atomic E-state index is 0.0376. The summed E-state index contributed by atoms with van der Waals surface area (Å²) in [6, 6.07) is 8.74. The molecule has 2 aliphatic heterocycles. The Balaban J connectivity index is 1.54. The van der Waals surface area contributed by atoms with Crippen LogP contribution in [0.2, 0.25) is 0 Å². The summed E-state index contributed by atoms with van der Waals surface area (Å²) >= 11 is 0. The Morgan fingerprint density at radius 1 is 0.842 bits per heavy atom. The number of carbonyl (C=O) groups excluding carboxylic acids is 2. The number of amides is 3. The second-order valence-electron chi connectivity index (χ2n) is 9.47. The zero-order valence-electron chi connectivity index (χ0n) is 20.4. The number of nitrogens with one attached hydrogen (secondary N) is 1. The van der Waals surface area contributed by atoms with Crippen LogP contribution in [0.3, 0.4) is 0 Å². The number of alkyl halides is 6. The second-order valence-corrected chi connectivity index (χ2v) is 9.47. The molecule has 2 saturated heterocycles. The van der Waals surface area contributed by atoms with Crippen LogP contribution in [0.15, 0.2) is 48.5 Å². The third-order valence-electron chi connectivity index (χ3n) is 6.77. The van der Waals surface area contributed by atoms with E-state index in [9.17, 15) is 35.9 Å². The molecule has 2 fully saturated rings. The molecule has 0 aromatic heterocycles. The van der Waals surface area contributed by atoms with Gasteiger partial charge in [0.15, 0.2) is 5.54 Å². The van der Waals surface area contributed by atoms with Crippen LogP contribution in [-0.4, -0.2) is 54.5 Å². The highest BCUT2D eigenvalue weighted by molar-refractivity contribution is 6.07. The molecule has 0 bridgehead atoms. The monoisotopic (exact) mass is 543 g/mol. The van der Waals surface area contributed by atoms with Gasteiger partial charge in [0.2, 0.25) is 0 Å². The molecule has 4 rings (SSSR count). The summed E-state index contributed by atoms with van der Waals surface area (Å²) in [4.78, 5) is 29.7. The normalized spacial score (nSPS) is 21.2. The minimum atomic E-state index is -4.99. The maximum Gasteiger partial charge on any atom is 0.416 e. The van der Waals surface area contributed by atoms with Gasteiger partial charge in [0.1, 0.15) is 0 Å². The number of carbonyl (C=O) groups is 2. The van der Waals surface area contributed by atoms with Gasteiger partial charge in [-0.05, 0) is 55.3 Å². The van der Waals surface area contributed by atoms with Crippen molar-refractivity contribution in [2.45, 2.75) is 43.8 Å². The van der Waals surface area contributed by atoms with E-state index in [-0.39, 0.29) is 18.2 Å². The first kappa shape index (κ1) is 27.9. The van der Waals surface area contributed by atoms with Crippen molar-refractivity contribution >= 4 is 11.9 Å². The summed E-state index contributed by atoms with van der Waals surface area (Å²) < 4.78 is 84.9. The van der Waals surface area contributed by atoms with Gasteiger partial charge in [-0.15, -0.1) is 0 Å². The van der Waals surface area contributed by atoms with Gasteiger partial charge in [-0.1, -0.05) is 36.8 Å². The molecule has 2 aromatic rings. The first-order valence-electron chi connectivity index (χ1n) is 12.2. The van der Waals surface area contributed by atoms with E-state index in [1.807, 2.05) is 0 Å². The van der Waals surface area contributed by atoms with Crippen molar-refractivity contribution < 1.29 is 40.7 Å². The lowest BCUT2D eigenvalue weighted by molar-refractivity contribution is -0.143. The average molecular weight is 544 g/mol. The van der Waals surface area contributed by atoms with E-state index in [0.29, 0.717) is 24.2 Å². The van der Waals surface area contributed by atoms with Crippen molar-refractivity contribution in [1.82, 2.24) is 15.1 Å². The lowest BCUT2D eigenvalue weighted by atomic mass is 9.90. The Hall–Kier alpha value is -3.12. The Kier molecular flexibility index (Phi) is 8.03. The molecule has 1 atom stereocenters. The molecule has 0 radical (unpaired) electrons. The van der Waals surface area contributed by atoms with E-state index in [2.05, 4.69) is 10.2 Å². The van der Waals surface area contributed by atoms with Gasteiger partial charge in [0, 0.05) is 13.1 Å². The van der Waals surface area contributed by atoms with Crippen molar-refractivity contribution in [3.8, 4) is 0 Å². The number of ether oxygens (including phenoxy) is 1. The molecule has 2 heterocycles. The van der Waals surface area contributed by atoms with E-state index in [0.717, 1.165) is 37.3 Å². The number of rotatable bonds is 8. The predicted molar refractivity (Wildman–Crippen MR) is 125 cm³/mol. The molecule has 1 unspecified atom stereocenters. The maximum atomic E-state index is 13.6. The quantitative estimate of drug-likeness (QED) is 0.369. The van der Waals surface area contributed by atoms with E-state index in [1.54, 1.807) is 30.3 Å². The fourth-order valence-corrected chi connectivity index (χ4v) is 4.78. The van der Waals surface area contributed by atoms with Crippen molar-refractivity contribution in [1.29, 1.82) is 0 Å². The number of imide groups is 1. The Bertz CT molecular complexity index is 1120. The second kappa shape index (κ2) is 10.9. The fraction of sp³-hybridized carbons (Fsp3) is 0.462. The van der Waals surface area contributed by atoms with Crippen molar-refractivity contribution in [2.75, 3.05) is 32.8 Å². The van der Waals surface area contributed by atoms with Crippen molar-refractivity contribution in [3.05, 3.63) is 70.8 Å². The summed E-state index contributed by atoms with van der Waals surface area (Å²) in [5.74, 6) is -0.592. The van der Waals surface area contributed by atoms with Gasteiger partial charge >= 0.3 is 18.4 Å². The van der Waals surface area contributed by atoms with Crippen LogP contribution in [0.25, 0.3) is 0 Å². The molecule has 2 aromatic carbocycles. The topological polar surface area (TPSA) is 61.9 Å². The summed E-state index contributed by atoms with van der Waals surface area (Å²) in [5.41, 5.74) is -4.57. The first-order valence-corrected chi connectivity index (χ1v) is 12.2. The van der Waals surface area contributed by atoms with Crippen LogP contribution in [0.1, 0.15) is 41.5 Å². The first-order chi connectivity index (χ1) is 17.9. The molecule has 1 N–H and O–H groups in total. The third kappa shape index (κ3) is 6.12. The summed E-state index contributed by atoms with van der Waals surface area (Å²) in [5, 5.41) is 2.66. The van der Waals surface area contributed by atoms with Crippen molar-refractivity contribution in [2.24, 2.45) is 0 Å². The lowest BCUT2D eigenvalue weighted by Gasteiger charge is -2.29. The van der Waals surface area contributed by atoms with E-state index < -0.39 is 54.2 Å². The Morgan fingerprint density at radius 2 is 1.45 bits per heavy atom. The highest BCUT2D eigenvalue weighted by atomic mass is 19.4. The average Bonchev–Trinajstić information content (AvgIpc) is 3.12. The van der Waals surface area contributed by atoms with Crippen LogP contribution in [0.4, 0.5) is 31.1 Å². The largest absolute Gasteiger partial charge is 0.416 e. The van der Waals surface area contributed by atoms with Crippen LogP contribution in [-0.2, 0) is 34.0 Å². The summed E-state index contributed by atoms with van der Waals surface area (Å²) in [7, 11) is 0. The zero-order valence-corrected chi connectivity index (χ0v) is 20.4. The summed E-state index contributed by atoms with van der Waals surface area (Å²) in [6.45, 7) is 1.25. The number of piperidine rings is 1. The molecule has 0 aliphatic carbocycles. The molecule has 3 amide bonds. The zero-order chi connectivity index (χ0) is 27.6. The van der Waals surface area contributed by atoms with Gasteiger partial charge in [0.05, 0.1) is 24.3 Å². The van der Waals surface area contributed by atoms with Crippen LogP contribution < -0.4 is 5.32 Å². The number of benzene rings is 2. The maximum absolute atomic E-state index is 13.6. The number of halogens is 6. The smallest absolute Gasteiger partial charge is 0.373 e. The fourth-order valence-electron chi connectivity index (χ4n) is 4.78. The number of hydrogen-bond acceptors (Lipinski definition) is 4. The molecular weight excluding hydrogens is 516 g/mol. The third-order valence-corrected chi connectivity index (χ3v) is 6.77. The van der Waals surface area contributed by atoms with Crippen LogP contribution in [0, 0.1) is 0 Å². The molecule has 38 heavy (non-hydrogen) atoms. The van der Waals surface area contributed by atoms with E-state index in [4.69, 9.17) is 4.74 Å². The standard InChI is InChI=1S/C26H27F6N3O3/c27-25(28,29)20-13-18(14-21(15-20)26(30,31)32)16-38-17-24(19-7-3-1-4-8-19)22(36)35(23(37)33-24)12-11-34-9-5-2-6-10-34/h1,3-4,7-8,13-15H,2,5-6,9-12,16-17H2,(H,33,37). The van der Waals surface area contributed by atoms with Gasteiger partial charge < -0.3 is 15.0 Å². The molecular formula is C26H27F6N3O3. The van der Waals surface area contributed by atoms with E-state index >= 15 is 0 Å². The minimum Gasteiger partial charge on any atom is -0.373 e. The van der Waals surface area contributed by atoms with Gasteiger partial charge in [-0.25, -0.2) is 4.79 Å². The molecule has 2 aliphatic rings. The van der Waals surface area contributed by atoms with Crippen LogP contribution >= 0.6 is 0 Å². The highest BCUT2D eigenvalue weighted by Gasteiger charge is 2.52. The van der Waals surface area contributed by atoms with E-state index in [1.165, 1.54) is 0 Å². The van der Waals surface area contributed by atoms with Gasteiger partial charge in [-0.3, -0.25) is 9.69 Å². The Morgan fingerprint density at radius 3 is 2.03 bits per heavy atom. The number of hydrogen-bond donors (Lipinski definition) is 1. The SMILES string of the molecule is O=C1NC(COCc2cc(C(F)(F)F)cc(C(F)(F)F)c2)(c2ccccc2)C(=O)N1CCN1CCCCC1. The van der Waals surface area contributed by atoms with Gasteiger partial charge in [0.25, 0.3) is 5.91 Å². The van der Waals surface area contributed by atoms with Gasteiger partial charge in [-0.2, -0.15) is 26.3 Å². The van der Waals surface area contributed by atoms with Crippen molar-refractivity contribution in [3.63, 3.8) is 0 Å². The number of urea groups is 1. The van der Waals surface area contributed by atoms with Crippen LogP contribution in [0.5, 0.6) is 0 Å². The number of nitrogens with zero attached hydrogens (tertiary/aromatic N) is 2. The summed E-state index contributed by atoms with van der Waals surface area (Å²) in [6.07, 6.45) is -6.79. The molecule has 0 saturated carbocycles. The molecule has 6 nitrogen and oxygen atoms in total. The predicted octanol–water partition coefficient (Wildman–Crippen LogP) is 5.17. The Labute approximate surface area is 215 Å².